The van der Waals surface area contributed by atoms with Gasteiger partial charge in [0.25, 0.3) is 0 Å². The minimum atomic E-state index is -0.537. The number of hydrogen-bond acceptors (Lipinski definition) is 1. The van der Waals surface area contributed by atoms with Crippen LogP contribution in [0.2, 0.25) is 10.0 Å². The second kappa shape index (κ2) is 7.51. The molecule has 1 aliphatic rings. The summed E-state index contributed by atoms with van der Waals surface area (Å²) < 4.78 is 13.6. The summed E-state index contributed by atoms with van der Waals surface area (Å²) in [6, 6.07) is 2.13. The van der Waals surface area contributed by atoms with Crippen molar-refractivity contribution in [2.24, 2.45) is 5.92 Å². The topological polar surface area (TPSA) is 32.3 Å². The molecule has 3 nitrogen and oxygen atoms in total. The third-order valence-electron chi connectivity index (χ3n) is 3.80. The summed E-state index contributed by atoms with van der Waals surface area (Å²) in [5, 5.41) is 3.23. The van der Waals surface area contributed by atoms with Crippen LogP contribution in [0.25, 0.3) is 0 Å². The Morgan fingerprint density at radius 2 is 2.09 bits per heavy atom. The van der Waals surface area contributed by atoms with Gasteiger partial charge in [-0.15, -0.1) is 0 Å². The molecule has 0 radical (unpaired) electrons. The second-order valence-electron chi connectivity index (χ2n) is 5.85. The van der Waals surface area contributed by atoms with Gasteiger partial charge < -0.3 is 10.2 Å². The maximum absolute atomic E-state index is 13.6. The Kier molecular flexibility index (Phi) is 5.93. The van der Waals surface area contributed by atoms with Crippen molar-refractivity contribution < 1.29 is 9.18 Å². The molecule has 1 N–H and O–H groups in total. The van der Waals surface area contributed by atoms with Gasteiger partial charge in [0.05, 0.1) is 11.1 Å². The molecule has 0 aromatic heterocycles. The normalized spacial score (nSPS) is 15.5. The minimum Gasteiger partial charge on any atom is -0.331 e. The third kappa shape index (κ3) is 4.50. The molecule has 1 saturated carbocycles. The first-order valence-corrected chi connectivity index (χ1v) is 8.37. The smallest absolute Gasteiger partial charge is 0.317 e. The van der Waals surface area contributed by atoms with Crippen molar-refractivity contribution in [3.05, 3.63) is 33.6 Å². The number of hydrogen-bond donors (Lipinski definition) is 1. The predicted octanol–water partition coefficient (Wildman–Crippen LogP) is 5.03. The molecule has 1 atom stereocenters. The van der Waals surface area contributed by atoms with Gasteiger partial charge in [-0.2, -0.15) is 0 Å². The lowest BCUT2D eigenvalue weighted by Crippen LogP contribution is -2.42. The fourth-order valence-corrected chi connectivity index (χ4v) is 2.93. The quantitative estimate of drug-likeness (QED) is 0.720. The van der Waals surface area contributed by atoms with E-state index < -0.39 is 5.82 Å². The van der Waals surface area contributed by atoms with Crippen LogP contribution in [-0.2, 0) is 0 Å². The third-order valence-corrected chi connectivity index (χ3v) is 4.42. The largest absolute Gasteiger partial charge is 0.331 e. The molecule has 0 aliphatic heterocycles. The van der Waals surface area contributed by atoms with Crippen molar-refractivity contribution in [2.75, 3.05) is 13.1 Å². The lowest BCUT2D eigenvalue weighted by Gasteiger charge is -2.25. The number of benzene rings is 1. The van der Waals surface area contributed by atoms with Crippen molar-refractivity contribution in [3.8, 4) is 0 Å². The Balaban J connectivity index is 2.04. The number of urea groups is 1. The van der Waals surface area contributed by atoms with Gasteiger partial charge in [-0.25, -0.2) is 9.18 Å². The molecule has 0 bridgehead atoms. The van der Waals surface area contributed by atoms with E-state index >= 15 is 0 Å². The van der Waals surface area contributed by atoms with E-state index in [2.05, 4.69) is 5.32 Å². The van der Waals surface area contributed by atoms with Crippen LogP contribution >= 0.6 is 23.2 Å². The van der Waals surface area contributed by atoms with E-state index in [4.69, 9.17) is 23.2 Å². The molecule has 1 aliphatic carbocycles. The lowest BCUT2D eigenvalue weighted by atomic mass is 10.1. The average molecular weight is 347 g/mol. The molecule has 22 heavy (non-hydrogen) atoms. The number of halogens is 3. The molecule has 0 heterocycles. The van der Waals surface area contributed by atoms with Crippen molar-refractivity contribution in [2.45, 2.75) is 39.2 Å². The van der Waals surface area contributed by atoms with Gasteiger partial charge in [-0.1, -0.05) is 30.1 Å². The molecule has 122 valence electrons. The zero-order valence-electron chi connectivity index (χ0n) is 12.8. The van der Waals surface area contributed by atoms with Crippen LogP contribution in [0, 0.1) is 11.7 Å². The number of nitrogens with one attached hydrogen (secondary N) is 1. The lowest BCUT2D eigenvalue weighted by molar-refractivity contribution is 0.192. The number of nitrogens with zero attached hydrogens (tertiary/aromatic N) is 1. The molecule has 1 aromatic carbocycles. The van der Waals surface area contributed by atoms with Crippen LogP contribution < -0.4 is 5.32 Å². The van der Waals surface area contributed by atoms with Crippen LogP contribution in [0.1, 0.15) is 44.7 Å². The zero-order chi connectivity index (χ0) is 16.3. The summed E-state index contributed by atoms with van der Waals surface area (Å²) >= 11 is 11.8. The maximum Gasteiger partial charge on any atom is 0.317 e. The van der Waals surface area contributed by atoms with E-state index in [1.54, 1.807) is 6.92 Å². The predicted molar refractivity (Wildman–Crippen MR) is 88.0 cm³/mol. The van der Waals surface area contributed by atoms with Crippen LogP contribution in [0.15, 0.2) is 12.1 Å². The fraction of sp³-hybridized carbons (Fsp3) is 0.562. The Morgan fingerprint density at radius 3 is 2.68 bits per heavy atom. The van der Waals surface area contributed by atoms with E-state index in [-0.39, 0.29) is 17.1 Å². The molecule has 1 aromatic rings. The summed E-state index contributed by atoms with van der Waals surface area (Å²) in [5.41, 5.74) is 0.528. The van der Waals surface area contributed by atoms with Crippen LogP contribution in [0.3, 0.4) is 0 Å². The highest BCUT2D eigenvalue weighted by Gasteiger charge is 2.27. The molecule has 0 saturated heterocycles. The maximum atomic E-state index is 13.6. The molecular weight excluding hydrogens is 326 g/mol. The van der Waals surface area contributed by atoms with Gasteiger partial charge in [-0.05, 0) is 49.8 Å². The average Bonchev–Trinajstić information content (AvgIpc) is 3.26. The molecule has 2 amide bonds. The van der Waals surface area contributed by atoms with Crippen LogP contribution in [0.5, 0.6) is 0 Å². The highest BCUT2D eigenvalue weighted by molar-refractivity contribution is 6.35. The van der Waals surface area contributed by atoms with Crippen LogP contribution in [-0.4, -0.2) is 24.0 Å². The zero-order valence-corrected chi connectivity index (χ0v) is 14.3. The Morgan fingerprint density at radius 1 is 1.41 bits per heavy atom. The molecule has 2 rings (SSSR count). The monoisotopic (exact) mass is 346 g/mol. The summed E-state index contributed by atoms with van der Waals surface area (Å²) in [7, 11) is 0. The molecule has 6 heteroatoms. The van der Waals surface area contributed by atoms with Gasteiger partial charge in [0, 0.05) is 18.1 Å². The van der Waals surface area contributed by atoms with E-state index in [0.717, 1.165) is 19.5 Å². The Labute approximate surface area is 140 Å². The summed E-state index contributed by atoms with van der Waals surface area (Å²) in [6.07, 6.45) is 3.29. The van der Waals surface area contributed by atoms with E-state index in [9.17, 15) is 9.18 Å². The summed E-state index contributed by atoms with van der Waals surface area (Å²) in [5.74, 6) is 0.0923. The highest BCUT2D eigenvalue weighted by atomic mass is 35.5. The number of carbonyl (C=O) groups excluding carboxylic acids is 1. The van der Waals surface area contributed by atoms with Crippen molar-refractivity contribution in [1.82, 2.24) is 10.2 Å². The van der Waals surface area contributed by atoms with Gasteiger partial charge >= 0.3 is 6.03 Å². The van der Waals surface area contributed by atoms with Gasteiger partial charge in [0.2, 0.25) is 0 Å². The molecular formula is C16H21Cl2FN2O. The second-order valence-corrected chi connectivity index (χ2v) is 6.66. The first-order chi connectivity index (χ1) is 10.4. The summed E-state index contributed by atoms with van der Waals surface area (Å²) in [6.45, 7) is 5.34. The van der Waals surface area contributed by atoms with E-state index in [1.165, 1.54) is 25.0 Å². The van der Waals surface area contributed by atoms with E-state index in [1.807, 2.05) is 11.8 Å². The minimum absolute atomic E-state index is 0.0198. The molecule has 0 spiro atoms. The standard InChI is InChI=1S/C16H21Cl2FN2O/c1-3-6-21(9-11-4-5-11)16(22)20-10(2)12-7-15(19)14(18)8-13(12)17/h7-8,10-11H,3-6,9H2,1-2H3,(H,20,22). The van der Waals surface area contributed by atoms with Gasteiger partial charge in [-0.3, -0.25) is 0 Å². The van der Waals surface area contributed by atoms with E-state index in [0.29, 0.717) is 16.5 Å². The number of amides is 2. The number of rotatable bonds is 6. The van der Waals surface area contributed by atoms with Gasteiger partial charge in [0.15, 0.2) is 0 Å². The first kappa shape index (κ1) is 17.4. The van der Waals surface area contributed by atoms with Crippen molar-refractivity contribution in [3.63, 3.8) is 0 Å². The summed E-state index contributed by atoms with van der Waals surface area (Å²) in [4.78, 5) is 14.2. The molecule has 1 fully saturated rings. The molecule has 1 unspecified atom stereocenters. The first-order valence-electron chi connectivity index (χ1n) is 7.62. The van der Waals surface area contributed by atoms with Crippen LogP contribution in [0.4, 0.5) is 9.18 Å². The Bertz CT molecular complexity index is 549. The SMILES string of the molecule is CCCN(CC1CC1)C(=O)NC(C)c1cc(F)c(Cl)cc1Cl. The fourth-order valence-electron chi connectivity index (χ4n) is 2.38. The van der Waals surface area contributed by atoms with Crippen molar-refractivity contribution in [1.29, 1.82) is 0 Å². The highest BCUT2D eigenvalue weighted by Crippen LogP contribution is 2.31. The Hall–Kier alpha value is -1.00. The van der Waals surface area contributed by atoms with Crippen molar-refractivity contribution >= 4 is 29.2 Å². The van der Waals surface area contributed by atoms with Gasteiger partial charge in [0.1, 0.15) is 5.82 Å². The number of carbonyl (C=O) groups is 1.